The maximum Gasteiger partial charge on any atom is 0.253 e. The van der Waals surface area contributed by atoms with Gasteiger partial charge < -0.3 is 15.7 Å². The predicted octanol–water partition coefficient (Wildman–Crippen LogP) is 3.49. The molecule has 0 saturated heterocycles. The Morgan fingerprint density at radius 2 is 1.62 bits per heavy atom. The molecule has 0 unspecified atom stereocenters. The summed E-state index contributed by atoms with van der Waals surface area (Å²) in [5.74, 6) is -0.482. The van der Waals surface area contributed by atoms with Crippen LogP contribution in [0.1, 0.15) is 28.4 Å². The molecule has 0 fully saturated rings. The number of carbonyl (C=O) groups is 1. The summed E-state index contributed by atoms with van der Waals surface area (Å²) < 4.78 is 28.7. The Kier molecular flexibility index (Phi) is 9.70. The molecule has 0 spiro atoms. The highest BCUT2D eigenvalue weighted by Crippen LogP contribution is 2.31. The standard InChI is InChI=1S/C30H35N5O4S/c1-3-34-22-24(20-32-34)19-31-21-29(36)27(18-23-12-6-4-7-13-23)33-30(37)26-16-10-11-17-28(26)35(40(2,38)39)25-14-8-5-9-15-25/h4-17,20,22,27,29,31,36H,3,18-19,21H2,1-2H3,(H,33,37)/t27-,29+/m0/s1. The van der Waals surface area contributed by atoms with E-state index in [9.17, 15) is 18.3 Å². The monoisotopic (exact) mass is 561 g/mol. The van der Waals surface area contributed by atoms with Crippen LogP contribution in [-0.4, -0.2) is 54.2 Å². The average Bonchev–Trinajstić information content (AvgIpc) is 3.41. The van der Waals surface area contributed by atoms with E-state index in [4.69, 9.17) is 0 Å². The second kappa shape index (κ2) is 13.4. The molecule has 0 aliphatic carbocycles. The third-order valence-electron chi connectivity index (χ3n) is 6.46. The lowest BCUT2D eigenvalue weighted by atomic mass is 10.00. The van der Waals surface area contributed by atoms with Crippen LogP contribution in [0.15, 0.2) is 97.3 Å². The molecule has 40 heavy (non-hydrogen) atoms. The van der Waals surface area contributed by atoms with Gasteiger partial charge in [0.05, 0.1) is 41.5 Å². The Labute approximate surface area is 235 Å². The SMILES string of the molecule is CCn1cc(CNC[C@@H](O)[C@H](Cc2ccccc2)NC(=O)c2ccccc2N(c2ccccc2)S(C)(=O)=O)cn1. The van der Waals surface area contributed by atoms with E-state index in [-0.39, 0.29) is 17.8 Å². The Balaban J connectivity index is 1.56. The molecule has 210 valence electrons. The van der Waals surface area contributed by atoms with Crippen LogP contribution in [0.5, 0.6) is 0 Å². The topological polar surface area (TPSA) is 117 Å². The Hall–Kier alpha value is -3.99. The van der Waals surface area contributed by atoms with Gasteiger partial charge in [-0.15, -0.1) is 0 Å². The van der Waals surface area contributed by atoms with Crippen LogP contribution < -0.4 is 14.9 Å². The van der Waals surface area contributed by atoms with E-state index in [0.29, 0.717) is 18.7 Å². The molecule has 2 atom stereocenters. The van der Waals surface area contributed by atoms with Crippen molar-refractivity contribution in [1.82, 2.24) is 20.4 Å². The summed E-state index contributed by atoms with van der Waals surface area (Å²) in [5.41, 5.74) is 2.77. The molecule has 0 saturated carbocycles. The highest BCUT2D eigenvalue weighted by atomic mass is 32.2. The van der Waals surface area contributed by atoms with Crippen molar-refractivity contribution in [2.24, 2.45) is 0 Å². The number of aliphatic hydroxyl groups excluding tert-OH is 1. The molecule has 0 aliphatic heterocycles. The van der Waals surface area contributed by atoms with Crippen LogP contribution in [0.4, 0.5) is 11.4 Å². The van der Waals surface area contributed by atoms with Crippen molar-refractivity contribution < 1.29 is 18.3 Å². The number of aromatic nitrogens is 2. The second-order valence-electron chi connectivity index (χ2n) is 9.55. The van der Waals surface area contributed by atoms with Gasteiger partial charge in [0.15, 0.2) is 0 Å². The van der Waals surface area contributed by atoms with Crippen molar-refractivity contribution in [2.45, 2.75) is 38.6 Å². The molecule has 1 heterocycles. The van der Waals surface area contributed by atoms with E-state index < -0.39 is 28.1 Å². The molecule has 1 aromatic heterocycles. The molecule has 0 aliphatic rings. The maximum absolute atomic E-state index is 13.7. The van der Waals surface area contributed by atoms with Gasteiger partial charge >= 0.3 is 0 Å². The van der Waals surface area contributed by atoms with Gasteiger partial charge in [0.1, 0.15) is 0 Å². The first-order chi connectivity index (χ1) is 19.3. The van der Waals surface area contributed by atoms with Gasteiger partial charge in [-0.05, 0) is 43.2 Å². The summed E-state index contributed by atoms with van der Waals surface area (Å²) >= 11 is 0. The second-order valence-corrected chi connectivity index (χ2v) is 11.4. The number of nitrogens with one attached hydrogen (secondary N) is 2. The van der Waals surface area contributed by atoms with Gasteiger partial charge in [-0.25, -0.2) is 12.7 Å². The zero-order chi connectivity index (χ0) is 28.5. The molecule has 3 N–H and O–H groups in total. The fraction of sp³-hybridized carbons (Fsp3) is 0.267. The van der Waals surface area contributed by atoms with Crippen LogP contribution in [0.3, 0.4) is 0 Å². The minimum atomic E-state index is -3.77. The fourth-order valence-corrected chi connectivity index (χ4v) is 5.51. The average molecular weight is 562 g/mol. The Morgan fingerprint density at radius 3 is 2.27 bits per heavy atom. The van der Waals surface area contributed by atoms with Crippen molar-refractivity contribution >= 4 is 27.3 Å². The van der Waals surface area contributed by atoms with Gasteiger partial charge in [-0.3, -0.25) is 9.48 Å². The molecule has 1 amide bonds. The highest BCUT2D eigenvalue weighted by Gasteiger charge is 2.27. The number of aliphatic hydroxyl groups is 1. The number of nitrogens with zero attached hydrogens (tertiary/aromatic N) is 3. The number of carbonyl (C=O) groups excluding carboxylic acids is 1. The smallest absolute Gasteiger partial charge is 0.253 e. The van der Waals surface area contributed by atoms with E-state index in [1.807, 2.05) is 48.1 Å². The minimum absolute atomic E-state index is 0.182. The third kappa shape index (κ3) is 7.56. The van der Waals surface area contributed by atoms with E-state index in [1.165, 1.54) is 0 Å². The molecule has 3 aromatic carbocycles. The number of para-hydroxylation sites is 2. The van der Waals surface area contributed by atoms with E-state index in [0.717, 1.165) is 28.2 Å². The normalized spacial score (nSPS) is 13.0. The number of anilines is 2. The van der Waals surface area contributed by atoms with Gasteiger partial charge in [0.25, 0.3) is 5.91 Å². The molecule has 4 rings (SSSR count). The zero-order valence-corrected chi connectivity index (χ0v) is 23.5. The summed E-state index contributed by atoms with van der Waals surface area (Å²) in [6.07, 6.45) is 4.30. The van der Waals surface area contributed by atoms with E-state index in [2.05, 4.69) is 15.7 Å². The Bertz CT molecular complexity index is 1490. The van der Waals surface area contributed by atoms with E-state index in [1.54, 1.807) is 60.8 Å². The first-order valence-electron chi connectivity index (χ1n) is 13.2. The van der Waals surface area contributed by atoms with Crippen LogP contribution in [0.2, 0.25) is 0 Å². The summed E-state index contributed by atoms with van der Waals surface area (Å²) in [4.78, 5) is 13.7. The molecule has 4 aromatic rings. The van der Waals surface area contributed by atoms with Crippen LogP contribution in [0, 0.1) is 0 Å². The van der Waals surface area contributed by atoms with Crippen molar-refractivity contribution in [2.75, 3.05) is 17.1 Å². The summed E-state index contributed by atoms with van der Waals surface area (Å²) in [7, 11) is -3.77. The fourth-order valence-electron chi connectivity index (χ4n) is 4.49. The van der Waals surface area contributed by atoms with Crippen LogP contribution in [-0.2, 0) is 29.5 Å². The molecular weight excluding hydrogens is 526 g/mol. The number of benzene rings is 3. The maximum atomic E-state index is 13.7. The van der Waals surface area contributed by atoms with Crippen molar-refractivity contribution in [3.63, 3.8) is 0 Å². The highest BCUT2D eigenvalue weighted by molar-refractivity contribution is 7.92. The number of hydrogen-bond acceptors (Lipinski definition) is 6. The van der Waals surface area contributed by atoms with Crippen molar-refractivity contribution in [3.05, 3.63) is 114 Å². The molecule has 0 radical (unpaired) electrons. The minimum Gasteiger partial charge on any atom is -0.390 e. The molecular formula is C30H35N5O4S. The van der Waals surface area contributed by atoms with Gasteiger partial charge in [-0.1, -0.05) is 60.7 Å². The van der Waals surface area contributed by atoms with Crippen LogP contribution >= 0.6 is 0 Å². The molecule has 9 nitrogen and oxygen atoms in total. The number of rotatable bonds is 13. The first-order valence-corrected chi connectivity index (χ1v) is 15.0. The van der Waals surface area contributed by atoms with E-state index >= 15 is 0 Å². The summed E-state index contributed by atoms with van der Waals surface area (Å²) in [5, 5.41) is 21.7. The number of hydrogen-bond donors (Lipinski definition) is 3. The molecule has 10 heteroatoms. The quantitative estimate of drug-likeness (QED) is 0.230. The zero-order valence-electron chi connectivity index (χ0n) is 22.6. The Morgan fingerprint density at radius 1 is 0.975 bits per heavy atom. The summed E-state index contributed by atoms with van der Waals surface area (Å²) in [6, 6.07) is 24.1. The van der Waals surface area contributed by atoms with Gasteiger partial charge in [0, 0.05) is 31.4 Å². The lowest BCUT2D eigenvalue weighted by molar-refractivity contribution is 0.0830. The van der Waals surface area contributed by atoms with Crippen LogP contribution in [0.25, 0.3) is 0 Å². The van der Waals surface area contributed by atoms with Crippen molar-refractivity contribution in [1.29, 1.82) is 0 Å². The predicted molar refractivity (Wildman–Crippen MR) is 157 cm³/mol. The lowest BCUT2D eigenvalue weighted by Gasteiger charge is -2.27. The number of amides is 1. The third-order valence-corrected chi connectivity index (χ3v) is 7.53. The van der Waals surface area contributed by atoms with Gasteiger partial charge in [-0.2, -0.15) is 5.10 Å². The number of aryl methyl sites for hydroxylation is 1. The van der Waals surface area contributed by atoms with Crippen molar-refractivity contribution in [3.8, 4) is 0 Å². The lowest BCUT2D eigenvalue weighted by Crippen LogP contribution is -2.49. The summed E-state index contributed by atoms with van der Waals surface area (Å²) in [6.45, 7) is 3.54. The molecule has 0 bridgehead atoms. The largest absolute Gasteiger partial charge is 0.390 e. The van der Waals surface area contributed by atoms with Gasteiger partial charge in [0.2, 0.25) is 10.0 Å². The first kappa shape index (κ1) is 29.0. The number of sulfonamides is 1.